The predicted molar refractivity (Wildman–Crippen MR) is 99.3 cm³/mol. The van der Waals surface area contributed by atoms with Crippen molar-refractivity contribution in [2.45, 2.75) is 31.7 Å². The number of para-hydroxylation sites is 1. The molecule has 2 aromatic rings. The lowest BCUT2D eigenvalue weighted by atomic mass is 10.1. The second-order valence-electron chi connectivity index (χ2n) is 6.79. The highest BCUT2D eigenvalue weighted by Crippen LogP contribution is 2.29. The molecule has 2 amide bonds. The van der Waals surface area contributed by atoms with Gasteiger partial charge in [-0.05, 0) is 62.3 Å². The van der Waals surface area contributed by atoms with Crippen LogP contribution >= 0.6 is 0 Å². The molecule has 0 aromatic heterocycles. The Kier molecular flexibility index (Phi) is 4.71. The molecule has 2 aliphatic rings. The molecule has 2 aliphatic heterocycles. The third-order valence-electron chi connectivity index (χ3n) is 5.03. The van der Waals surface area contributed by atoms with Crippen LogP contribution in [0.15, 0.2) is 54.6 Å². The van der Waals surface area contributed by atoms with Gasteiger partial charge in [0.15, 0.2) is 0 Å². The summed E-state index contributed by atoms with van der Waals surface area (Å²) < 4.78 is 5.77. The van der Waals surface area contributed by atoms with Gasteiger partial charge >= 0.3 is 0 Å². The average Bonchev–Trinajstić information content (AvgIpc) is 2.98. The zero-order valence-corrected chi connectivity index (χ0v) is 14.6. The monoisotopic (exact) mass is 350 g/mol. The van der Waals surface area contributed by atoms with Crippen molar-refractivity contribution in [1.29, 1.82) is 0 Å². The first-order chi connectivity index (χ1) is 12.7. The number of rotatable bonds is 4. The molecule has 0 aliphatic carbocycles. The van der Waals surface area contributed by atoms with E-state index in [4.69, 9.17) is 4.74 Å². The Hall–Kier alpha value is -2.66. The summed E-state index contributed by atoms with van der Waals surface area (Å²) in [5, 5.41) is 0. The van der Waals surface area contributed by atoms with Crippen molar-refractivity contribution in [3.8, 4) is 11.5 Å². The number of likely N-dealkylation sites (tertiary alicyclic amines) is 1. The fourth-order valence-electron chi connectivity index (χ4n) is 3.69. The fourth-order valence-corrected chi connectivity index (χ4v) is 3.69. The van der Waals surface area contributed by atoms with Gasteiger partial charge in [0.1, 0.15) is 11.5 Å². The van der Waals surface area contributed by atoms with Gasteiger partial charge < -0.3 is 4.74 Å². The van der Waals surface area contributed by atoms with Crippen molar-refractivity contribution in [2.24, 2.45) is 0 Å². The van der Waals surface area contributed by atoms with Gasteiger partial charge in [-0.3, -0.25) is 14.5 Å². The average molecular weight is 350 g/mol. The lowest BCUT2D eigenvalue weighted by Gasteiger charge is -2.30. The minimum atomic E-state index is -0.303. The van der Waals surface area contributed by atoms with E-state index >= 15 is 0 Å². The molecule has 0 unspecified atom stereocenters. The van der Waals surface area contributed by atoms with Gasteiger partial charge in [0.25, 0.3) is 5.91 Å². The van der Waals surface area contributed by atoms with Gasteiger partial charge in [-0.15, -0.1) is 0 Å². The molecule has 0 radical (unpaired) electrons. The summed E-state index contributed by atoms with van der Waals surface area (Å²) in [5.41, 5.74) is 0.611. The number of amides is 2. The number of benzene rings is 2. The lowest BCUT2D eigenvalue weighted by Crippen LogP contribution is -2.44. The number of hydrogen-bond donors (Lipinski definition) is 0. The largest absolute Gasteiger partial charge is 0.457 e. The Bertz CT molecular complexity index is 783. The van der Waals surface area contributed by atoms with Gasteiger partial charge in [-0.1, -0.05) is 24.6 Å². The summed E-state index contributed by atoms with van der Waals surface area (Å²) in [6, 6.07) is 16.3. The highest BCUT2D eigenvalue weighted by molar-refractivity contribution is 6.22. The van der Waals surface area contributed by atoms with Crippen LogP contribution in [0.25, 0.3) is 0 Å². The van der Waals surface area contributed by atoms with Gasteiger partial charge in [-0.25, -0.2) is 4.90 Å². The molecule has 134 valence electrons. The van der Waals surface area contributed by atoms with Crippen LogP contribution < -0.4 is 9.64 Å². The zero-order valence-electron chi connectivity index (χ0n) is 14.6. The van der Waals surface area contributed by atoms with Crippen LogP contribution in [0.2, 0.25) is 0 Å². The topological polar surface area (TPSA) is 49.9 Å². The number of nitrogens with zero attached hydrogens (tertiary/aromatic N) is 2. The minimum Gasteiger partial charge on any atom is -0.457 e. The minimum absolute atomic E-state index is 0.103. The molecule has 0 saturated carbocycles. The molecular weight excluding hydrogens is 328 g/mol. The number of hydrogen-bond acceptors (Lipinski definition) is 4. The van der Waals surface area contributed by atoms with Crippen LogP contribution in [0.3, 0.4) is 0 Å². The summed E-state index contributed by atoms with van der Waals surface area (Å²) in [4.78, 5) is 28.8. The molecule has 4 rings (SSSR count). The van der Waals surface area contributed by atoms with Crippen molar-refractivity contribution in [1.82, 2.24) is 4.90 Å². The summed E-state index contributed by atoms with van der Waals surface area (Å²) in [7, 11) is 0. The van der Waals surface area contributed by atoms with Gasteiger partial charge in [0.05, 0.1) is 18.2 Å². The van der Waals surface area contributed by atoms with Crippen molar-refractivity contribution in [3.63, 3.8) is 0 Å². The first-order valence-corrected chi connectivity index (χ1v) is 9.16. The fraction of sp³-hybridized carbons (Fsp3) is 0.333. The third-order valence-corrected chi connectivity index (χ3v) is 5.03. The Labute approximate surface area is 153 Å². The Morgan fingerprint density at radius 3 is 2.15 bits per heavy atom. The van der Waals surface area contributed by atoms with E-state index in [1.54, 1.807) is 24.3 Å². The number of ether oxygens (including phenoxy) is 1. The molecular formula is C21H22N2O3. The first-order valence-electron chi connectivity index (χ1n) is 9.16. The van der Waals surface area contributed by atoms with Crippen molar-refractivity contribution >= 4 is 17.5 Å². The number of carbonyl (C=O) groups is 2. The lowest BCUT2D eigenvalue weighted by molar-refractivity contribution is -0.123. The molecule has 5 nitrogen and oxygen atoms in total. The van der Waals surface area contributed by atoms with E-state index in [9.17, 15) is 9.59 Å². The Morgan fingerprint density at radius 2 is 1.46 bits per heavy atom. The molecule has 5 heteroatoms. The van der Waals surface area contributed by atoms with Crippen LogP contribution in [-0.2, 0) is 9.59 Å². The summed E-state index contributed by atoms with van der Waals surface area (Å²) >= 11 is 0. The highest BCUT2D eigenvalue weighted by Gasteiger charge is 2.42. The van der Waals surface area contributed by atoms with E-state index in [1.807, 2.05) is 30.3 Å². The standard InChI is InChI=1S/C21H22N2O3/c24-20-15-19(22-13-5-2-6-14-22)21(25)23(20)16-9-11-18(12-10-16)26-17-7-3-1-4-8-17/h1,3-4,7-12,19H,2,5-6,13-15H2/t19-/m1/s1. The molecule has 2 aromatic carbocycles. The van der Waals surface area contributed by atoms with E-state index in [1.165, 1.54) is 11.3 Å². The van der Waals surface area contributed by atoms with Crippen LogP contribution in [0.4, 0.5) is 5.69 Å². The maximum Gasteiger partial charge on any atom is 0.251 e. The van der Waals surface area contributed by atoms with Gasteiger partial charge in [-0.2, -0.15) is 0 Å². The number of piperidine rings is 1. The molecule has 2 saturated heterocycles. The molecule has 26 heavy (non-hydrogen) atoms. The van der Waals surface area contributed by atoms with Crippen LogP contribution in [0, 0.1) is 0 Å². The molecule has 0 N–H and O–H groups in total. The molecule has 0 spiro atoms. The zero-order chi connectivity index (χ0) is 17.9. The van der Waals surface area contributed by atoms with Gasteiger partial charge in [0, 0.05) is 0 Å². The smallest absolute Gasteiger partial charge is 0.251 e. The van der Waals surface area contributed by atoms with Crippen molar-refractivity contribution in [3.05, 3.63) is 54.6 Å². The molecule has 0 bridgehead atoms. The van der Waals surface area contributed by atoms with E-state index in [-0.39, 0.29) is 24.3 Å². The van der Waals surface area contributed by atoms with Crippen LogP contribution in [0.5, 0.6) is 11.5 Å². The maximum atomic E-state index is 12.8. The first kappa shape index (κ1) is 16.8. The van der Waals surface area contributed by atoms with Gasteiger partial charge in [0.2, 0.25) is 5.91 Å². The second kappa shape index (κ2) is 7.30. The Balaban J connectivity index is 1.48. The van der Waals surface area contributed by atoms with Crippen molar-refractivity contribution in [2.75, 3.05) is 18.0 Å². The maximum absolute atomic E-state index is 12.8. The molecule has 2 heterocycles. The summed E-state index contributed by atoms with van der Waals surface area (Å²) in [6.45, 7) is 1.81. The molecule has 2 fully saturated rings. The van der Waals surface area contributed by atoms with E-state index < -0.39 is 0 Å². The third kappa shape index (κ3) is 3.35. The molecule has 1 atom stereocenters. The summed E-state index contributed by atoms with van der Waals surface area (Å²) in [5.74, 6) is 1.20. The SMILES string of the molecule is O=C1C[C@@H](N2CCCCC2)C(=O)N1c1ccc(Oc2ccccc2)cc1. The summed E-state index contributed by atoms with van der Waals surface area (Å²) in [6.07, 6.45) is 3.69. The van der Waals surface area contributed by atoms with Crippen LogP contribution in [-0.4, -0.2) is 35.8 Å². The van der Waals surface area contributed by atoms with Crippen molar-refractivity contribution < 1.29 is 14.3 Å². The van der Waals surface area contributed by atoms with Crippen LogP contribution in [0.1, 0.15) is 25.7 Å². The van der Waals surface area contributed by atoms with E-state index in [0.29, 0.717) is 11.4 Å². The Morgan fingerprint density at radius 1 is 0.808 bits per heavy atom. The normalized spacial score (nSPS) is 21.2. The quantitative estimate of drug-likeness (QED) is 0.791. The number of imide groups is 1. The number of carbonyl (C=O) groups excluding carboxylic acids is 2. The second-order valence-corrected chi connectivity index (χ2v) is 6.79. The number of anilines is 1. The highest BCUT2D eigenvalue weighted by atomic mass is 16.5. The van der Waals surface area contributed by atoms with E-state index in [2.05, 4.69) is 4.90 Å². The predicted octanol–water partition coefficient (Wildman–Crippen LogP) is 3.60. The van der Waals surface area contributed by atoms with E-state index in [0.717, 1.165) is 31.7 Å².